The number of aliphatic hydroxyl groups excluding tert-OH is 2. The molecular weight excluding hydrogens is 808 g/mol. The van der Waals surface area contributed by atoms with E-state index in [4.69, 9.17) is 30.0 Å². The molecule has 0 bridgehead atoms. The lowest BCUT2D eigenvalue weighted by Gasteiger charge is -2.62. The number of nitrogens with zero attached hydrogens (tertiary/aromatic N) is 4. The Hall–Kier alpha value is -2.17. The maximum atomic E-state index is 13.8. The zero-order valence-corrected chi connectivity index (χ0v) is 38.1. The first kappa shape index (κ1) is 47.3. The van der Waals surface area contributed by atoms with Crippen LogP contribution in [0, 0.1) is 52.3 Å². The van der Waals surface area contributed by atoms with Crippen LogP contribution in [0.1, 0.15) is 112 Å². The molecule has 4 saturated carbocycles. The van der Waals surface area contributed by atoms with E-state index in [1.807, 2.05) is 13.8 Å². The molecule has 0 radical (unpaired) electrons. The third-order valence-corrected chi connectivity index (χ3v) is 17.7. The fourth-order valence-corrected chi connectivity index (χ4v) is 13.9. The lowest BCUT2D eigenvalue weighted by molar-refractivity contribution is -0.174. The molecule has 338 valence electrons. The monoisotopic (exact) mass is 878 g/mol. The summed E-state index contributed by atoms with van der Waals surface area (Å²) in [6, 6.07) is -0.543. The number of hydrogen-bond acceptors (Lipinski definition) is 15. The summed E-state index contributed by atoms with van der Waals surface area (Å²) in [6.45, 7) is 11.8. The summed E-state index contributed by atoms with van der Waals surface area (Å²) in [4.78, 5) is 37.7. The fraction of sp³-hybridized carbons (Fsp3) is 0.837. The van der Waals surface area contributed by atoms with Crippen LogP contribution in [0.5, 0.6) is 0 Å². The minimum Gasteiger partial charge on any atom is -0.466 e. The standard InChI is InChI=1S/C43H71N6O9PS/c1-27(2)37(44)41(53)60-21-7-19-58-59(54,26-55-20-16-49-25-48-38-39(45)46-24-47-40(38)49)57-18-6-17-56-35(52)11-8-28(3)31-9-10-32-36-33(13-15-43(31,32)5)42(4)14-12-30(50)22-29(42)23-34(36)51/h24-25,27-34,36-37,50-51H,6-23,26,44H2,1-5H3,(H2,45,46,47)/t28-,29+,30-,31-,32+,33+,34+,36+,37+,42+,43-,59?/m1/s1. The molecule has 4 aliphatic carbocycles. The van der Waals surface area contributed by atoms with Crippen LogP contribution in [0.15, 0.2) is 12.7 Å². The molecule has 4 aliphatic rings. The molecular formula is C43H71N6O9PS. The number of imidazole rings is 1. The van der Waals surface area contributed by atoms with Gasteiger partial charge in [0.05, 0.1) is 51.0 Å². The lowest BCUT2D eigenvalue weighted by Crippen LogP contribution is -2.58. The van der Waals surface area contributed by atoms with Crippen molar-refractivity contribution >= 4 is 47.4 Å². The van der Waals surface area contributed by atoms with E-state index in [1.54, 1.807) is 10.9 Å². The van der Waals surface area contributed by atoms with Gasteiger partial charge >= 0.3 is 13.6 Å². The van der Waals surface area contributed by atoms with E-state index in [2.05, 4.69) is 35.7 Å². The van der Waals surface area contributed by atoms with Gasteiger partial charge in [-0.05, 0) is 116 Å². The van der Waals surface area contributed by atoms with Gasteiger partial charge < -0.3 is 44.8 Å². The summed E-state index contributed by atoms with van der Waals surface area (Å²) in [7, 11) is -3.71. The van der Waals surface area contributed by atoms with E-state index in [1.165, 1.54) is 6.33 Å². The molecule has 1 unspecified atom stereocenters. The maximum absolute atomic E-state index is 13.8. The second kappa shape index (κ2) is 20.6. The van der Waals surface area contributed by atoms with Crippen molar-refractivity contribution in [3.05, 3.63) is 12.7 Å². The number of fused-ring (bicyclic) bond motifs is 6. The molecule has 0 aromatic carbocycles. The van der Waals surface area contributed by atoms with Crippen LogP contribution in [0.4, 0.5) is 5.82 Å². The molecule has 0 amide bonds. The Labute approximate surface area is 360 Å². The van der Waals surface area contributed by atoms with Gasteiger partial charge in [0.1, 0.15) is 18.2 Å². The van der Waals surface area contributed by atoms with Crippen molar-refractivity contribution < 1.29 is 42.9 Å². The van der Waals surface area contributed by atoms with Crippen LogP contribution >= 0.6 is 19.4 Å². The number of thioether (sulfide) groups is 1. The van der Waals surface area contributed by atoms with Gasteiger partial charge in [0.25, 0.3) is 0 Å². The number of ether oxygens (including phenoxy) is 2. The first-order valence-corrected chi connectivity index (χ1v) is 25.1. The van der Waals surface area contributed by atoms with Gasteiger partial charge in [-0.2, -0.15) is 0 Å². The molecule has 0 saturated heterocycles. The normalized spacial score (nSPS) is 32.2. The Morgan fingerprint density at radius 1 is 0.967 bits per heavy atom. The lowest BCUT2D eigenvalue weighted by atomic mass is 9.43. The maximum Gasteiger partial charge on any atom is 0.356 e. The number of aliphatic hydroxyl groups is 2. The summed E-state index contributed by atoms with van der Waals surface area (Å²) < 4.78 is 38.5. The van der Waals surface area contributed by atoms with E-state index in [0.717, 1.165) is 69.5 Å². The molecule has 0 aliphatic heterocycles. The van der Waals surface area contributed by atoms with Crippen molar-refractivity contribution in [2.24, 2.45) is 58.0 Å². The molecule has 2 aromatic rings. The quantitative estimate of drug-likeness (QED) is 0.0590. The third kappa shape index (κ3) is 10.8. The van der Waals surface area contributed by atoms with E-state index in [-0.39, 0.29) is 78.6 Å². The highest BCUT2D eigenvalue weighted by molar-refractivity contribution is 8.13. The van der Waals surface area contributed by atoms with Crippen LogP contribution in [0.25, 0.3) is 11.2 Å². The Bertz CT molecular complexity index is 1800. The number of carbonyl (C=O) groups excluding carboxylic acids is 2. The highest BCUT2D eigenvalue weighted by atomic mass is 32.2. The zero-order chi connectivity index (χ0) is 43.2. The molecule has 2 aromatic heterocycles. The molecule has 6 rings (SSSR count). The Morgan fingerprint density at radius 2 is 1.70 bits per heavy atom. The zero-order valence-electron chi connectivity index (χ0n) is 36.4. The predicted molar refractivity (Wildman–Crippen MR) is 232 cm³/mol. The molecule has 17 heteroatoms. The van der Waals surface area contributed by atoms with Crippen molar-refractivity contribution in [2.75, 3.05) is 44.3 Å². The summed E-state index contributed by atoms with van der Waals surface area (Å²) in [5.74, 6) is 3.10. The van der Waals surface area contributed by atoms with Gasteiger partial charge in [-0.1, -0.05) is 46.4 Å². The minimum atomic E-state index is -3.71. The summed E-state index contributed by atoms with van der Waals surface area (Å²) >= 11 is 1.14. The third-order valence-electron chi connectivity index (χ3n) is 15.0. The van der Waals surface area contributed by atoms with Crippen molar-refractivity contribution in [2.45, 2.75) is 136 Å². The molecule has 12 atom stereocenters. The first-order valence-electron chi connectivity index (χ1n) is 22.4. The number of esters is 1. The number of nitrogen functional groups attached to an aromatic ring is 1. The van der Waals surface area contributed by atoms with Crippen LogP contribution < -0.4 is 11.5 Å². The summed E-state index contributed by atoms with van der Waals surface area (Å²) in [5.41, 5.74) is 13.3. The van der Waals surface area contributed by atoms with Crippen molar-refractivity contribution in [3.63, 3.8) is 0 Å². The van der Waals surface area contributed by atoms with Gasteiger partial charge in [0.15, 0.2) is 11.5 Å². The van der Waals surface area contributed by atoms with Gasteiger partial charge in [0, 0.05) is 25.1 Å². The highest BCUT2D eigenvalue weighted by Crippen LogP contribution is 2.68. The summed E-state index contributed by atoms with van der Waals surface area (Å²) in [6.07, 6.45) is 12.1. The van der Waals surface area contributed by atoms with Gasteiger partial charge in [-0.15, -0.1) is 0 Å². The molecule has 6 N–H and O–H groups in total. The van der Waals surface area contributed by atoms with E-state index in [0.29, 0.717) is 78.2 Å². The average molecular weight is 879 g/mol. The number of nitrogens with two attached hydrogens (primary N) is 2. The van der Waals surface area contributed by atoms with Gasteiger partial charge in [0.2, 0.25) is 5.12 Å². The van der Waals surface area contributed by atoms with E-state index in [9.17, 15) is 24.4 Å². The van der Waals surface area contributed by atoms with Gasteiger partial charge in [-0.3, -0.25) is 14.2 Å². The van der Waals surface area contributed by atoms with Crippen LogP contribution in [0.2, 0.25) is 0 Å². The molecule has 60 heavy (non-hydrogen) atoms. The van der Waals surface area contributed by atoms with Crippen LogP contribution in [-0.4, -0.2) is 97.6 Å². The van der Waals surface area contributed by atoms with Crippen LogP contribution in [0.3, 0.4) is 0 Å². The highest BCUT2D eigenvalue weighted by Gasteiger charge is 2.62. The second-order valence-electron chi connectivity index (χ2n) is 19.0. The Balaban J connectivity index is 0.929. The number of hydrogen-bond donors (Lipinski definition) is 4. The topological polar surface area (TPSA) is 224 Å². The molecule has 4 fully saturated rings. The Morgan fingerprint density at radius 3 is 2.47 bits per heavy atom. The van der Waals surface area contributed by atoms with E-state index < -0.39 is 13.6 Å². The number of anilines is 1. The number of carbonyl (C=O) groups is 2. The SMILES string of the molecule is CC(C)[C@H](N)C(=O)SCCCOP(=O)(COCCn1cnc2c(N)ncnc21)OCCCOC(=O)CC[C@@H](C)[C@H]1CC[C@H]2[C@@H]3[C@@H](O)C[C@@H]4C[C@H](O)CC[C@]4(C)[C@H]3CC[C@]12C. The van der Waals surface area contributed by atoms with Crippen molar-refractivity contribution in [1.82, 2.24) is 19.5 Å². The Kier molecular flexibility index (Phi) is 16.2. The largest absolute Gasteiger partial charge is 0.466 e. The van der Waals surface area contributed by atoms with Crippen molar-refractivity contribution in [3.8, 4) is 0 Å². The molecule has 2 heterocycles. The average Bonchev–Trinajstić information content (AvgIpc) is 3.80. The minimum absolute atomic E-state index is 0.0400. The number of rotatable bonds is 21. The molecule has 0 spiro atoms. The van der Waals surface area contributed by atoms with E-state index >= 15 is 0 Å². The van der Waals surface area contributed by atoms with Crippen molar-refractivity contribution in [1.29, 1.82) is 0 Å². The fourth-order valence-electron chi connectivity index (χ4n) is 11.6. The summed E-state index contributed by atoms with van der Waals surface area (Å²) in [5, 5.41) is 21.9. The second-order valence-corrected chi connectivity index (χ2v) is 22.1. The first-order chi connectivity index (χ1) is 28.6. The molecule has 15 nitrogen and oxygen atoms in total. The van der Waals surface area contributed by atoms with Crippen LogP contribution in [-0.2, 0) is 39.2 Å². The predicted octanol–water partition coefficient (Wildman–Crippen LogP) is 6.58. The van der Waals surface area contributed by atoms with Gasteiger partial charge in [-0.25, -0.2) is 15.0 Å². The number of aromatic nitrogens is 4. The smallest absolute Gasteiger partial charge is 0.356 e.